The number of hydrogen-bond acceptors (Lipinski definition) is 4. The Bertz CT molecular complexity index is 1070. The van der Waals surface area contributed by atoms with E-state index in [4.69, 9.17) is 5.11 Å². The number of hydrogen-bond donors (Lipinski definition) is 2. The Morgan fingerprint density at radius 3 is 2.53 bits per heavy atom. The number of carbonyl (C=O) groups is 2. The van der Waals surface area contributed by atoms with Crippen LogP contribution in [0.4, 0.5) is 0 Å². The van der Waals surface area contributed by atoms with E-state index in [1.54, 1.807) is 6.07 Å². The van der Waals surface area contributed by atoms with E-state index in [1.165, 1.54) is 0 Å². The van der Waals surface area contributed by atoms with Crippen LogP contribution in [-0.2, 0) is 0 Å². The second kappa shape index (κ2) is 14.1. The highest BCUT2D eigenvalue weighted by atomic mass is 79.9. The maximum Gasteiger partial charge on any atom is 0.251 e. The van der Waals surface area contributed by atoms with Crippen LogP contribution >= 0.6 is 15.9 Å². The Morgan fingerprint density at radius 2 is 1.88 bits per heavy atom. The molecule has 0 saturated heterocycles. The van der Waals surface area contributed by atoms with Gasteiger partial charge >= 0.3 is 0 Å². The molecule has 2 N–H and O–H groups in total. The lowest BCUT2D eigenvalue weighted by Gasteiger charge is -2.23. The lowest BCUT2D eigenvalue weighted by molar-refractivity contribution is 0.0942. The number of halogens is 1. The number of amides is 1. The maximum atomic E-state index is 12.5. The molecule has 0 aliphatic rings. The van der Waals surface area contributed by atoms with Crippen molar-refractivity contribution in [2.75, 3.05) is 26.7 Å². The fourth-order valence-electron chi connectivity index (χ4n) is 4.22. The molecule has 2 aromatic carbocycles. The van der Waals surface area contributed by atoms with Gasteiger partial charge in [0.25, 0.3) is 5.91 Å². The van der Waals surface area contributed by atoms with Crippen LogP contribution in [0.2, 0.25) is 0 Å². The van der Waals surface area contributed by atoms with E-state index >= 15 is 0 Å². The topological polar surface area (TPSA) is 69.6 Å². The molecule has 5 nitrogen and oxygen atoms in total. The summed E-state index contributed by atoms with van der Waals surface area (Å²) in [5.41, 5.74) is 2.24. The van der Waals surface area contributed by atoms with Crippen LogP contribution in [0, 0.1) is 12.8 Å². The van der Waals surface area contributed by atoms with Gasteiger partial charge in [0.15, 0.2) is 5.78 Å². The predicted octanol–water partition coefficient (Wildman–Crippen LogP) is 4.03. The first-order valence-electron chi connectivity index (χ1n) is 11.9. The van der Waals surface area contributed by atoms with Gasteiger partial charge in [0.1, 0.15) is 0 Å². The van der Waals surface area contributed by atoms with Crippen molar-refractivity contribution in [3.63, 3.8) is 0 Å². The highest BCUT2D eigenvalue weighted by Gasteiger charge is 2.13. The molecule has 2 aromatic rings. The van der Waals surface area contributed by atoms with E-state index in [0.29, 0.717) is 17.9 Å². The molecule has 1 unspecified atom stereocenters. The SMILES string of the molecule is C=c1ccc(C(=O)NCCO)c(C)/c1=C/N(C)CC(CCC)CCCC(=O)c1ccc(Br)cc1. The van der Waals surface area contributed by atoms with Gasteiger partial charge in [0.2, 0.25) is 0 Å². The monoisotopic (exact) mass is 528 g/mol. The number of nitrogens with one attached hydrogen (secondary N) is 1. The van der Waals surface area contributed by atoms with Gasteiger partial charge in [-0.05, 0) is 61.1 Å². The van der Waals surface area contributed by atoms with Gasteiger partial charge in [0.05, 0.1) is 6.61 Å². The van der Waals surface area contributed by atoms with Gasteiger partial charge < -0.3 is 15.3 Å². The number of nitrogens with zero attached hydrogens (tertiary/aromatic N) is 1. The number of benzene rings is 2. The summed E-state index contributed by atoms with van der Waals surface area (Å²) in [6.07, 6.45) is 6.68. The number of ketones is 1. The average molecular weight is 530 g/mol. The van der Waals surface area contributed by atoms with Crippen LogP contribution in [0.5, 0.6) is 0 Å². The van der Waals surface area contributed by atoms with Crippen molar-refractivity contribution in [2.45, 2.75) is 46.0 Å². The van der Waals surface area contributed by atoms with E-state index in [-0.39, 0.29) is 24.8 Å². The van der Waals surface area contributed by atoms with E-state index in [0.717, 1.165) is 58.3 Å². The van der Waals surface area contributed by atoms with Gasteiger partial charge in [-0.2, -0.15) is 0 Å². The normalized spacial score (nSPS) is 12.4. The molecule has 0 spiro atoms. The summed E-state index contributed by atoms with van der Waals surface area (Å²) in [7, 11) is 2.05. The molecule has 0 saturated carbocycles. The molecular formula is C28H37BrN2O3. The van der Waals surface area contributed by atoms with Gasteiger partial charge in [0, 0.05) is 53.6 Å². The van der Waals surface area contributed by atoms with Crippen molar-refractivity contribution >= 4 is 40.4 Å². The third kappa shape index (κ3) is 8.41. The Kier molecular flexibility index (Phi) is 11.5. The minimum atomic E-state index is -0.192. The fourth-order valence-corrected chi connectivity index (χ4v) is 4.49. The van der Waals surface area contributed by atoms with Crippen LogP contribution in [0.15, 0.2) is 40.9 Å². The standard InChI is InChI=1S/C28H37BrN2O3/c1-5-7-22(8-6-9-27(33)23-11-13-24(29)14-12-23)18-31(4)19-26-20(2)10-15-25(21(26)3)28(34)30-16-17-32/h10-15,19,22,32H,2,5-9,16-18H2,1,3-4H3,(H,30,34)/b26-19+. The Morgan fingerprint density at radius 1 is 1.18 bits per heavy atom. The summed E-state index contributed by atoms with van der Waals surface area (Å²) >= 11 is 3.41. The second-order valence-electron chi connectivity index (χ2n) is 8.84. The molecule has 1 atom stereocenters. The molecule has 0 fully saturated rings. The summed E-state index contributed by atoms with van der Waals surface area (Å²) in [4.78, 5) is 27.1. The van der Waals surface area contributed by atoms with Crippen molar-refractivity contribution < 1.29 is 14.7 Å². The average Bonchev–Trinajstić information content (AvgIpc) is 2.80. The first-order valence-corrected chi connectivity index (χ1v) is 12.7. The largest absolute Gasteiger partial charge is 0.395 e. The van der Waals surface area contributed by atoms with Crippen LogP contribution in [0.3, 0.4) is 0 Å². The summed E-state index contributed by atoms with van der Waals surface area (Å²) < 4.78 is 0.975. The molecule has 2 rings (SSSR count). The Hall–Kier alpha value is -2.44. The Labute approximate surface area is 211 Å². The zero-order valence-electron chi connectivity index (χ0n) is 20.6. The van der Waals surface area contributed by atoms with Crippen LogP contribution in [-0.4, -0.2) is 48.4 Å². The van der Waals surface area contributed by atoms with Gasteiger partial charge in [-0.1, -0.05) is 54.1 Å². The van der Waals surface area contributed by atoms with Gasteiger partial charge in [-0.25, -0.2) is 0 Å². The van der Waals surface area contributed by atoms with Crippen LogP contribution in [0.1, 0.15) is 65.3 Å². The predicted molar refractivity (Wildman–Crippen MR) is 143 cm³/mol. The van der Waals surface area contributed by atoms with E-state index in [9.17, 15) is 9.59 Å². The van der Waals surface area contributed by atoms with Crippen molar-refractivity contribution in [3.8, 4) is 0 Å². The number of carbonyl (C=O) groups excluding carboxylic acids is 2. The third-order valence-electron chi connectivity index (χ3n) is 6.02. The van der Waals surface area contributed by atoms with Crippen molar-refractivity contribution in [1.82, 2.24) is 10.2 Å². The lowest BCUT2D eigenvalue weighted by atomic mass is 9.94. The Balaban J connectivity index is 2.05. The van der Waals surface area contributed by atoms with Gasteiger partial charge in [-0.3, -0.25) is 9.59 Å². The third-order valence-corrected chi connectivity index (χ3v) is 6.55. The zero-order valence-corrected chi connectivity index (χ0v) is 22.2. The highest BCUT2D eigenvalue weighted by molar-refractivity contribution is 9.10. The van der Waals surface area contributed by atoms with Crippen molar-refractivity contribution in [2.24, 2.45) is 5.92 Å². The van der Waals surface area contributed by atoms with E-state index in [2.05, 4.69) is 45.8 Å². The number of aliphatic hydroxyl groups is 1. The molecule has 0 aliphatic heterocycles. The molecule has 0 bridgehead atoms. The maximum absolute atomic E-state index is 12.5. The molecule has 34 heavy (non-hydrogen) atoms. The lowest BCUT2D eigenvalue weighted by Crippen LogP contribution is -2.35. The molecule has 6 heteroatoms. The number of Topliss-reactive ketones (excluding diaryl/α,β-unsaturated/α-hetero) is 1. The number of rotatable bonds is 13. The summed E-state index contributed by atoms with van der Waals surface area (Å²) in [6, 6.07) is 11.2. The van der Waals surface area contributed by atoms with Crippen LogP contribution in [0.25, 0.3) is 12.8 Å². The summed E-state index contributed by atoms with van der Waals surface area (Å²) in [6.45, 7) is 9.28. The molecular weight excluding hydrogens is 492 g/mol. The fraction of sp³-hybridized carbons (Fsp3) is 0.429. The van der Waals surface area contributed by atoms with Crippen molar-refractivity contribution in [3.05, 3.63) is 68.0 Å². The first kappa shape index (κ1) is 27.8. The smallest absolute Gasteiger partial charge is 0.251 e. The molecule has 184 valence electrons. The molecule has 0 heterocycles. The first-order chi connectivity index (χ1) is 16.3. The summed E-state index contributed by atoms with van der Waals surface area (Å²) in [5.74, 6) is 0.480. The van der Waals surface area contributed by atoms with E-state index < -0.39 is 0 Å². The molecule has 1 amide bonds. The second-order valence-corrected chi connectivity index (χ2v) is 9.75. The molecule has 0 aliphatic carbocycles. The molecule has 0 aromatic heterocycles. The van der Waals surface area contributed by atoms with Crippen LogP contribution < -0.4 is 15.8 Å². The van der Waals surface area contributed by atoms with Crippen molar-refractivity contribution in [1.29, 1.82) is 0 Å². The number of aliphatic hydroxyl groups excluding tert-OH is 1. The van der Waals surface area contributed by atoms with E-state index in [1.807, 2.05) is 44.3 Å². The highest BCUT2D eigenvalue weighted by Crippen LogP contribution is 2.18. The quantitative estimate of drug-likeness (QED) is 0.385. The van der Waals surface area contributed by atoms with Gasteiger partial charge in [-0.15, -0.1) is 0 Å². The zero-order chi connectivity index (χ0) is 25.1. The minimum Gasteiger partial charge on any atom is -0.395 e. The minimum absolute atomic E-state index is 0.0898. The summed E-state index contributed by atoms with van der Waals surface area (Å²) in [5, 5.41) is 13.5. The molecule has 0 radical (unpaired) electrons.